The van der Waals surface area contributed by atoms with Crippen molar-refractivity contribution in [3.05, 3.63) is 36.4 Å². The van der Waals surface area contributed by atoms with Crippen molar-refractivity contribution < 1.29 is 9.47 Å². The second-order valence-electron chi connectivity index (χ2n) is 5.07. The van der Waals surface area contributed by atoms with Crippen molar-refractivity contribution in [1.82, 2.24) is 9.55 Å². The molecule has 1 N–H and O–H groups in total. The first-order valence-corrected chi connectivity index (χ1v) is 6.26. The van der Waals surface area contributed by atoms with Gasteiger partial charge >= 0.3 is 0 Å². The second kappa shape index (κ2) is 4.19. The number of fused-ring (bicyclic) bond motifs is 1. The van der Waals surface area contributed by atoms with Crippen molar-refractivity contribution in [3.63, 3.8) is 0 Å². The van der Waals surface area contributed by atoms with E-state index in [2.05, 4.69) is 10.3 Å². The van der Waals surface area contributed by atoms with Crippen LogP contribution in [0.3, 0.4) is 0 Å². The first-order chi connectivity index (χ1) is 9.03. The van der Waals surface area contributed by atoms with Gasteiger partial charge in [-0.2, -0.15) is 0 Å². The smallest absolute Gasteiger partial charge is 0.246 e. The van der Waals surface area contributed by atoms with Crippen molar-refractivity contribution in [1.29, 1.82) is 0 Å². The van der Waals surface area contributed by atoms with E-state index in [0.717, 1.165) is 23.0 Å². The summed E-state index contributed by atoms with van der Waals surface area (Å²) in [6.45, 7) is 4.47. The number of hydrogen-bond donors (Lipinski definition) is 1. The molecule has 1 aromatic heterocycles. The number of hydrogen-bond acceptors (Lipinski definition) is 4. The standard InChI is InChI=1S/C14H17N3O2/c1-14(2)18-11-5-4-10(8-12(11)19-14)16-9-13-15-6-7-17(13)3/h4-8,16H,9H2,1-3H3. The summed E-state index contributed by atoms with van der Waals surface area (Å²) in [6.07, 6.45) is 3.72. The summed E-state index contributed by atoms with van der Waals surface area (Å²) in [5.74, 6) is 1.96. The maximum atomic E-state index is 5.71. The molecule has 0 amide bonds. The average Bonchev–Trinajstić information content (AvgIpc) is 2.87. The van der Waals surface area contributed by atoms with Crippen LogP contribution in [0.2, 0.25) is 0 Å². The first kappa shape index (κ1) is 11.9. The molecule has 0 atom stereocenters. The van der Waals surface area contributed by atoms with Crippen LogP contribution in [0.15, 0.2) is 30.6 Å². The van der Waals surface area contributed by atoms with Crippen LogP contribution in [0.4, 0.5) is 5.69 Å². The highest BCUT2D eigenvalue weighted by molar-refractivity contribution is 5.56. The molecular formula is C14H17N3O2. The number of imidazole rings is 1. The van der Waals surface area contributed by atoms with Gasteiger partial charge in [0.2, 0.25) is 5.79 Å². The Balaban J connectivity index is 1.72. The second-order valence-corrected chi connectivity index (χ2v) is 5.07. The maximum absolute atomic E-state index is 5.71. The van der Waals surface area contributed by atoms with E-state index in [1.54, 1.807) is 6.20 Å². The van der Waals surface area contributed by atoms with E-state index in [1.807, 2.05) is 49.9 Å². The zero-order valence-corrected chi connectivity index (χ0v) is 11.3. The highest BCUT2D eigenvalue weighted by atomic mass is 16.7. The van der Waals surface area contributed by atoms with E-state index in [0.29, 0.717) is 6.54 Å². The zero-order valence-electron chi connectivity index (χ0n) is 11.3. The number of rotatable bonds is 3. The minimum absolute atomic E-state index is 0.583. The van der Waals surface area contributed by atoms with Gasteiger partial charge in [0.15, 0.2) is 11.5 Å². The summed E-state index contributed by atoms with van der Waals surface area (Å²) < 4.78 is 13.4. The molecule has 5 nitrogen and oxygen atoms in total. The van der Waals surface area contributed by atoms with Gasteiger partial charge in [-0.05, 0) is 12.1 Å². The van der Waals surface area contributed by atoms with Crippen molar-refractivity contribution >= 4 is 5.69 Å². The number of aromatic nitrogens is 2. The van der Waals surface area contributed by atoms with Crippen LogP contribution in [0.25, 0.3) is 0 Å². The predicted octanol–water partition coefficient (Wildman–Crippen LogP) is 2.54. The topological polar surface area (TPSA) is 48.3 Å². The largest absolute Gasteiger partial charge is 0.449 e. The van der Waals surface area contributed by atoms with Crippen molar-refractivity contribution in [2.45, 2.75) is 26.2 Å². The third kappa shape index (κ3) is 2.36. The van der Waals surface area contributed by atoms with Gasteiger partial charge in [0.25, 0.3) is 0 Å². The Labute approximate surface area is 112 Å². The van der Waals surface area contributed by atoms with Crippen molar-refractivity contribution in [3.8, 4) is 11.5 Å². The van der Waals surface area contributed by atoms with Crippen molar-refractivity contribution in [2.24, 2.45) is 7.05 Å². The zero-order chi connectivity index (χ0) is 13.5. The van der Waals surface area contributed by atoms with Gasteiger partial charge in [-0.3, -0.25) is 0 Å². The van der Waals surface area contributed by atoms with Gasteiger partial charge in [-0.1, -0.05) is 0 Å². The molecule has 2 heterocycles. The highest BCUT2D eigenvalue weighted by Gasteiger charge is 2.31. The van der Waals surface area contributed by atoms with E-state index < -0.39 is 5.79 Å². The predicted molar refractivity (Wildman–Crippen MR) is 72.3 cm³/mol. The number of anilines is 1. The summed E-state index contributed by atoms with van der Waals surface area (Å²) in [6, 6.07) is 5.85. The van der Waals surface area contributed by atoms with E-state index >= 15 is 0 Å². The molecule has 0 radical (unpaired) electrons. The molecule has 0 saturated carbocycles. The molecule has 1 aliphatic heterocycles. The summed E-state index contributed by atoms with van der Waals surface area (Å²) >= 11 is 0. The molecule has 0 bridgehead atoms. The number of nitrogens with zero attached hydrogens (tertiary/aromatic N) is 2. The van der Waals surface area contributed by atoms with Crippen LogP contribution < -0.4 is 14.8 Å². The van der Waals surface area contributed by atoms with E-state index in [-0.39, 0.29) is 0 Å². The van der Waals surface area contributed by atoms with Gasteiger partial charge in [-0.15, -0.1) is 0 Å². The van der Waals surface area contributed by atoms with E-state index in [4.69, 9.17) is 9.47 Å². The summed E-state index contributed by atoms with van der Waals surface area (Å²) in [5, 5.41) is 3.33. The molecule has 0 spiro atoms. The molecule has 1 aromatic carbocycles. The number of benzene rings is 1. The SMILES string of the molecule is Cn1ccnc1CNc1ccc2c(c1)OC(C)(C)O2. The number of nitrogens with one attached hydrogen (secondary N) is 1. The fourth-order valence-corrected chi connectivity index (χ4v) is 2.08. The molecule has 100 valence electrons. The molecule has 0 unspecified atom stereocenters. The number of aryl methyl sites for hydroxylation is 1. The van der Waals surface area contributed by atoms with Crippen LogP contribution in [-0.2, 0) is 13.6 Å². The summed E-state index contributed by atoms with van der Waals surface area (Å²) in [5.41, 5.74) is 0.989. The lowest BCUT2D eigenvalue weighted by Gasteiger charge is -2.16. The van der Waals surface area contributed by atoms with Crippen molar-refractivity contribution in [2.75, 3.05) is 5.32 Å². The Morgan fingerprint density at radius 3 is 2.79 bits per heavy atom. The van der Waals surface area contributed by atoms with Crippen LogP contribution in [-0.4, -0.2) is 15.3 Å². The molecule has 2 aromatic rings. The quantitative estimate of drug-likeness (QED) is 0.920. The molecule has 0 aliphatic carbocycles. The van der Waals surface area contributed by atoms with Gasteiger partial charge in [-0.25, -0.2) is 4.98 Å². The van der Waals surface area contributed by atoms with Crippen LogP contribution in [0.5, 0.6) is 11.5 Å². The molecule has 0 fully saturated rings. The highest BCUT2D eigenvalue weighted by Crippen LogP contribution is 2.40. The van der Waals surface area contributed by atoms with Crippen LogP contribution in [0.1, 0.15) is 19.7 Å². The third-order valence-electron chi connectivity index (χ3n) is 3.03. The average molecular weight is 259 g/mol. The normalized spacial score (nSPS) is 15.5. The fourth-order valence-electron chi connectivity index (χ4n) is 2.08. The molecule has 1 aliphatic rings. The molecule has 5 heteroatoms. The van der Waals surface area contributed by atoms with Gasteiger partial charge in [0.05, 0.1) is 6.54 Å². The lowest BCUT2D eigenvalue weighted by Crippen LogP contribution is -2.29. The first-order valence-electron chi connectivity index (χ1n) is 6.26. The van der Waals surface area contributed by atoms with Crippen LogP contribution in [0, 0.1) is 0 Å². The number of ether oxygens (including phenoxy) is 2. The minimum atomic E-state index is -0.583. The van der Waals surface area contributed by atoms with Gasteiger partial charge in [0, 0.05) is 45.0 Å². The van der Waals surface area contributed by atoms with Gasteiger partial charge in [0.1, 0.15) is 5.82 Å². The Bertz CT molecular complexity index is 604. The maximum Gasteiger partial charge on any atom is 0.246 e. The molecule has 0 saturated heterocycles. The molecular weight excluding hydrogens is 242 g/mol. The lowest BCUT2D eigenvalue weighted by atomic mass is 10.3. The molecule has 19 heavy (non-hydrogen) atoms. The van der Waals surface area contributed by atoms with Crippen LogP contribution >= 0.6 is 0 Å². The lowest BCUT2D eigenvalue weighted by molar-refractivity contribution is -0.0431. The summed E-state index contributed by atoms with van der Waals surface area (Å²) in [4.78, 5) is 4.27. The third-order valence-corrected chi connectivity index (χ3v) is 3.03. The Hall–Kier alpha value is -2.17. The van der Waals surface area contributed by atoms with Gasteiger partial charge < -0.3 is 19.4 Å². The Kier molecular flexibility index (Phi) is 2.62. The Morgan fingerprint density at radius 2 is 2.05 bits per heavy atom. The minimum Gasteiger partial charge on any atom is -0.449 e. The fraction of sp³-hybridized carbons (Fsp3) is 0.357. The monoisotopic (exact) mass is 259 g/mol. The Morgan fingerprint density at radius 1 is 1.26 bits per heavy atom. The van der Waals surface area contributed by atoms with E-state index in [9.17, 15) is 0 Å². The molecule has 3 rings (SSSR count). The van der Waals surface area contributed by atoms with E-state index in [1.165, 1.54) is 0 Å². The summed E-state index contributed by atoms with van der Waals surface area (Å²) in [7, 11) is 1.98.